The third-order valence-electron chi connectivity index (χ3n) is 2.52. The largest absolute Gasteiger partial charge is 0.312 e. The van der Waals surface area contributed by atoms with Crippen LogP contribution in [0.4, 0.5) is 5.69 Å². The lowest BCUT2D eigenvalue weighted by Gasteiger charge is -2.11. The molecule has 0 unspecified atom stereocenters. The van der Waals surface area contributed by atoms with Crippen molar-refractivity contribution in [3.8, 4) is 5.69 Å². The second-order valence-corrected chi connectivity index (χ2v) is 4.57. The average molecular weight is 310 g/mol. The van der Waals surface area contributed by atoms with Crippen molar-refractivity contribution in [1.82, 2.24) is 19.7 Å². The van der Waals surface area contributed by atoms with Gasteiger partial charge in [-0.15, -0.1) is 0 Å². The van der Waals surface area contributed by atoms with Crippen LogP contribution in [0, 0.1) is 6.92 Å². The molecule has 18 heavy (non-hydrogen) atoms. The molecule has 0 saturated carbocycles. The molecule has 0 aromatic carbocycles. The van der Waals surface area contributed by atoms with Gasteiger partial charge in [0.25, 0.3) is 0 Å². The summed E-state index contributed by atoms with van der Waals surface area (Å²) in [6.45, 7) is 3.32. The van der Waals surface area contributed by atoms with E-state index in [-0.39, 0.29) is 5.91 Å². The Labute approximate surface area is 113 Å². The summed E-state index contributed by atoms with van der Waals surface area (Å²) in [5, 5.41) is 4.27. The predicted molar refractivity (Wildman–Crippen MR) is 70.7 cm³/mol. The minimum absolute atomic E-state index is 0.0598. The number of halogens is 1. The first-order chi connectivity index (χ1) is 8.49. The van der Waals surface area contributed by atoms with Crippen LogP contribution in [0.5, 0.6) is 0 Å². The molecule has 0 N–H and O–H groups in total. The van der Waals surface area contributed by atoms with E-state index in [4.69, 9.17) is 0 Å². The SMILES string of the molecule is CC(=O)N(C)c1cn(-c2cnc(C)nc2)nc1Br. The van der Waals surface area contributed by atoms with E-state index >= 15 is 0 Å². The van der Waals surface area contributed by atoms with E-state index in [0.29, 0.717) is 16.1 Å². The maximum absolute atomic E-state index is 11.3. The van der Waals surface area contributed by atoms with Crippen LogP contribution < -0.4 is 4.90 Å². The van der Waals surface area contributed by atoms with Crippen LogP contribution in [-0.2, 0) is 4.79 Å². The molecule has 0 bridgehead atoms. The van der Waals surface area contributed by atoms with Crippen molar-refractivity contribution >= 4 is 27.5 Å². The van der Waals surface area contributed by atoms with Crippen molar-refractivity contribution in [2.75, 3.05) is 11.9 Å². The fraction of sp³-hybridized carbons (Fsp3) is 0.273. The van der Waals surface area contributed by atoms with Gasteiger partial charge in [-0.3, -0.25) is 4.79 Å². The lowest BCUT2D eigenvalue weighted by Crippen LogP contribution is -2.22. The number of carbonyl (C=O) groups is 1. The highest BCUT2D eigenvalue weighted by Gasteiger charge is 2.14. The minimum atomic E-state index is -0.0598. The Morgan fingerprint density at radius 2 is 2.00 bits per heavy atom. The summed E-state index contributed by atoms with van der Waals surface area (Å²) in [4.78, 5) is 21.1. The molecule has 0 aliphatic rings. The summed E-state index contributed by atoms with van der Waals surface area (Å²) in [7, 11) is 1.69. The molecule has 1 amide bonds. The van der Waals surface area contributed by atoms with Gasteiger partial charge in [0.05, 0.1) is 24.3 Å². The molecule has 0 atom stereocenters. The summed E-state index contributed by atoms with van der Waals surface area (Å²) in [6.07, 6.45) is 5.11. The Kier molecular flexibility index (Phi) is 3.42. The smallest absolute Gasteiger partial charge is 0.223 e. The number of nitrogens with zero attached hydrogens (tertiary/aromatic N) is 5. The van der Waals surface area contributed by atoms with E-state index in [1.165, 1.54) is 11.8 Å². The van der Waals surface area contributed by atoms with Crippen molar-refractivity contribution in [3.05, 3.63) is 29.0 Å². The van der Waals surface area contributed by atoms with Gasteiger partial charge in [-0.2, -0.15) is 5.10 Å². The highest BCUT2D eigenvalue weighted by Crippen LogP contribution is 2.25. The van der Waals surface area contributed by atoms with Gasteiger partial charge in [0.1, 0.15) is 11.5 Å². The summed E-state index contributed by atoms with van der Waals surface area (Å²) < 4.78 is 2.22. The number of anilines is 1. The van der Waals surface area contributed by atoms with Gasteiger partial charge in [-0.1, -0.05) is 0 Å². The highest BCUT2D eigenvalue weighted by molar-refractivity contribution is 9.10. The Morgan fingerprint density at radius 3 is 2.56 bits per heavy atom. The number of amides is 1. The monoisotopic (exact) mass is 309 g/mol. The first kappa shape index (κ1) is 12.7. The van der Waals surface area contributed by atoms with Crippen molar-refractivity contribution < 1.29 is 4.79 Å². The van der Waals surface area contributed by atoms with E-state index in [0.717, 1.165) is 5.69 Å². The summed E-state index contributed by atoms with van der Waals surface area (Å²) in [6, 6.07) is 0. The second-order valence-electron chi connectivity index (χ2n) is 3.82. The number of aryl methyl sites for hydroxylation is 1. The molecule has 2 heterocycles. The fourth-order valence-electron chi connectivity index (χ4n) is 1.37. The van der Waals surface area contributed by atoms with Gasteiger partial charge in [0.15, 0.2) is 4.60 Å². The van der Waals surface area contributed by atoms with Gasteiger partial charge in [0.2, 0.25) is 5.91 Å². The topological polar surface area (TPSA) is 63.9 Å². The molecule has 0 aliphatic heterocycles. The molecular weight excluding hydrogens is 298 g/mol. The summed E-state index contributed by atoms with van der Waals surface area (Å²) in [5.41, 5.74) is 1.44. The van der Waals surface area contributed by atoms with Gasteiger partial charge in [-0.25, -0.2) is 14.6 Å². The molecule has 2 rings (SSSR count). The highest BCUT2D eigenvalue weighted by atomic mass is 79.9. The third kappa shape index (κ3) is 2.40. The van der Waals surface area contributed by atoms with Crippen molar-refractivity contribution in [1.29, 1.82) is 0 Å². The van der Waals surface area contributed by atoms with E-state index in [1.54, 1.807) is 30.3 Å². The van der Waals surface area contributed by atoms with Crippen LogP contribution in [0.1, 0.15) is 12.7 Å². The summed E-state index contributed by atoms with van der Waals surface area (Å²) >= 11 is 3.33. The Bertz CT molecular complexity index is 578. The molecule has 6 nitrogen and oxygen atoms in total. The van der Waals surface area contributed by atoms with E-state index in [2.05, 4.69) is 31.0 Å². The van der Waals surface area contributed by atoms with Gasteiger partial charge in [-0.05, 0) is 22.9 Å². The van der Waals surface area contributed by atoms with Gasteiger partial charge >= 0.3 is 0 Å². The maximum atomic E-state index is 11.3. The van der Waals surface area contributed by atoms with Crippen LogP contribution in [-0.4, -0.2) is 32.7 Å². The Morgan fingerprint density at radius 1 is 1.39 bits per heavy atom. The normalized spacial score (nSPS) is 10.4. The zero-order chi connectivity index (χ0) is 13.3. The summed E-state index contributed by atoms with van der Waals surface area (Å²) in [5.74, 6) is 0.640. The van der Waals surface area contributed by atoms with Crippen molar-refractivity contribution in [3.63, 3.8) is 0 Å². The molecule has 0 spiro atoms. The molecule has 0 radical (unpaired) electrons. The first-order valence-electron chi connectivity index (χ1n) is 5.27. The van der Waals surface area contributed by atoms with Crippen LogP contribution in [0.25, 0.3) is 5.69 Å². The van der Waals surface area contributed by atoms with Crippen LogP contribution in [0.15, 0.2) is 23.2 Å². The second kappa shape index (κ2) is 4.85. The van der Waals surface area contributed by atoms with E-state index < -0.39 is 0 Å². The molecule has 0 fully saturated rings. The zero-order valence-electron chi connectivity index (χ0n) is 10.3. The zero-order valence-corrected chi connectivity index (χ0v) is 11.8. The molecule has 2 aromatic rings. The molecule has 7 heteroatoms. The first-order valence-corrected chi connectivity index (χ1v) is 6.07. The quantitative estimate of drug-likeness (QED) is 0.847. The number of aromatic nitrogens is 4. The van der Waals surface area contributed by atoms with Crippen LogP contribution in [0.2, 0.25) is 0 Å². The number of hydrogen-bond acceptors (Lipinski definition) is 4. The molecule has 0 saturated heterocycles. The Hall–Kier alpha value is -1.76. The molecule has 0 aliphatic carbocycles. The minimum Gasteiger partial charge on any atom is -0.312 e. The Balaban J connectivity index is 2.40. The predicted octanol–water partition coefficient (Wildman–Crippen LogP) is 1.72. The van der Waals surface area contributed by atoms with E-state index in [1.807, 2.05) is 6.92 Å². The lowest BCUT2D eigenvalue weighted by molar-refractivity contribution is -0.116. The molecule has 94 valence electrons. The van der Waals surface area contributed by atoms with Crippen LogP contribution >= 0.6 is 15.9 Å². The van der Waals surface area contributed by atoms with Crippen molar-refractivity contribution in [2.45, 2.75) is 13.8 Å². The molecule has 2 aromatic heterocycles. The van der Waals surface area contributed by atoms with Gasteiger partial charge < -0.3 is 4.90 Å². The maximum Gasteiger partial charge on any atom is 0.223 e. The van der Waals surface area contributed by atoms with Gasteiger partial charge in [0, 0.05) is 14.0 Å². The standard InChI is InChI=1S/C11H12BrN5O/c1-7-13-4-9(5-14-7)17-6-10(11(12)15-17)16(3)8(2)18/h4-6H,1-3H3. The van der Waals surface area contributed by atoms with Crippen molar-refractivity contribution in [2.24, 2.45) is 0 Å². The average Bonchev–Trinajstić information content (AvgIpc) is 2.71. The van der Waals surface area contributed by atoms with Crippen LogP contribution in [0.3, 0.4) is 0 Å². The number of carbonyl (C=O) groups excluding carboxylic acids is 1. The molecular formula is C11H12BrN5O. The number of rotatable bonds is 2. The third-order valence-corrected chi connectivity index (χ3v) is 3.08. The fourth-order valence-corrected chi connectivity index (χ4v) is 1.91. The lowest BCUT2D eigenvalue weighted by atomic mass is 10.4. The number of hydrogen-bond donors (Lipinski definition) is 0. The van der Waals surface area contributed by atoms with E-state index in [9.17, 15) is 4.79 Å².